The normalized spacial score (nSPS) is 10.5. The van der Waals surface area contributed by atoms with Gasteiger partial charge >= 0.3 is 0 Å². The number of hydrogen-bond acceptors (Lipinski definition) is 5. The number of nitrogens with one attached hydrogen (secondary N) is 1. The molecule has 0 bridgehead atoms. The molecule has 1 aromatic heterocycles. The van der Waals surface area contributed by atoms with Gasteiger partial charge in [0, 0.05) is 11.4 Å². The first-order valence-corrected chi connectivity index (χ1v) is 8.63. The van der Waals surface area contributed by atoms with Crippen molar-refractivity contribution >= 4 is 23.4 Å². The van der Waals surface area contributed by atoms with Crippen molar-refractivity contribution in [3.8, 4) is 5.69 Å². The second-order valence-corrected chi connectivity index (χ2v) is 6.31. The fourth-order valence-corrected chi connectivity index (χ4v) is 2.91. The molecule has 0 aliphatic heterocycles. The van der Waals surface area contributed by atoms with E-state index in [0.29, 0.717) is 5.75 Å². The van der Waals surface area contributed by atoms with Gasteiger partial charge < -0.3 is 5.32 Å². The van der Waals surface area contributed by atoms with E-state index in [0.717, 1.165) is 17.1 Å². The van der Waals surface area contributed by atoms with Crippen LogP contribution in [0, 0.1) is 6.92 Å². The molecule has 0 radical (unpaired) electrons. The second kappa shape index (κ2) is 7.74. The molecule has 3 rings (SSSR count). The van der Waals surface area contributed by atoms with Crippen molar-refractivity contribution in [2.75, 3.05) is 11.1 Å². The van der Waals surface area contributed by atoms with Crippen LogP contribution in [-0.4, -0.2) is 31.9 Å². The summed E-state index contributed by atoms with van der Waals surface area (Å²) in [5, 5.41) is 13.9. The number of carbonyl (C=O) groups is 1. The van der Waals surface area contributed by atoms with E-state index in [1.165, 1.54) is 17.5 Å². The van der Waals surface area contributed by atoms with Gasteiger partial charge in [-0.05, 0) is 47.2 Å². The summed E-state index contributed by atoms with van der Waals surface area (Å²) in [6.07, 6.45) is 1.52. The molecule has 1 heterocycles. The van der Waals surface area contributed by atoms with Gasteiger partial charge in [0.05, 0.1) is 11.4 Å². The lowest BCUT2D eigenvalue weighted by molar-refractivity contribution is -0.113. The average Bonchev–Trinajstić information content (AvgIpc) is 3.12. The van der Waals surface area contributed by atoms with Crippen LogP contribution in [-0.2, 0) is 10.5 Å². The molecule has 0 aliphatic rings. The van der Waals surface area contributed by atoms with Gasteiger partial charge in [0.2, 0.25) is 5.91 Å². The molecule has 6 nitrogen and oxygen atoms in total. The lowest BCUT2D eigenvalue weighted by Crippen LogP contribution is -2.14. The minimum atomic E-state index is -0.0118. The molecular weight excluding hydrogens is 322 g/mol. The van der Waals surface area contributed by atoms with Crippen LogP contribution in [0.5, 0.6) is 0 Å². The highest BCUT2D eigenvalue weighted by atomic mass is 32.2. The molecule has 1 amide bonds. The van der Waals surface area contributed by atoms with Gasteiger partial charge in [0.25, 0.3) is 0 Å². The number of carbonyl (C=O) groups excluding carboxylic acids is 1. The van der Waals surface area contributed by atoms with Crippen LogP contribution < -0.4 is 5.32 Å². The van der Waals surface area contributed by atoms with Crippen LogP contribution in [0.1, 0.15) is 11.1 Å². The number of aryl methyl sites for hydroxylation is 1. The van der Waals surface area contributed by atoms with Gasteiger partial charge in [-0.3, -0.25) is 4.79 Å². The maximum Gasteiger partial charge on any atom is 0.234 e. The monoisotopic (exact) mass is 339 g/mol. The molecule has 0 aliphatic carbocycles. The Kier molecular flexibility index (Phi) is 5.22. The lowest BCUT2D eigenvalue weighted by Gasteiger charge is -2.06. The predicted molar refractivity (Wildman–Crippen MR) is 95.1 cm³/mol. The van der Waals surface area contributed by atoms with Crippen molar-refractivity contribution in [2.45, 2.75) is 12.7 Å². The molecule has 0 saturated heterocycles. The fourth-order valence-electron chi connectivity index (χ4n) is 2.12. The van der Waals surface area contributed by atoms with Crippen molar-refractivity contribution in [3.05, 3.63) is 66.0 Å². The highest BCUT2D eigenvalue weighted by Gasteiger charge is 2.04. The van der Waals surface area contributed by atoms with Gasteiger partial charge in [-0.25, -0.2) is 4.68 Å². The smallest absolute Gasteiger partial charge is 0.234 e. The Balaban J connectivity index is 1.47. The Morgan fingerprint density at radius 1 is 1.12 bits per heavy atom. The van der Waals surface area contributed by atoms with Crippen molar-refractivity contribution in [1.82, 2.24) is 20.2 Å². The number of tetrazole rings is 1. The number of hydrogen-bond donors (Lipinski definition) is 1. The van der Waals surface area contributed by atoms with Crippen molar-refractivity contribution < 1.29 is 4.79 Å². The Hall–Kier alpha value is -2.67. The predicted octanol–water partition coefficient (Wildman–Crippen LogP) is 2.84. The van der Waals surface area contributed by atoms with Gasteiger partial charge in [-0.2, -0.15) is 0 Å². The maximum atomic E-state index is 12.0. The number of aromatic nitrogens is 4. The zero-order valence-electron chi connectivity index (χ0n) is 13.2. The van der Waals surface area contributed by atoms with E-state index in [4.69, 9.17) is 0 Å². The van der Waals surface area contributed by atoms with Crippen LogP contribution in [0.2, 0.25) is 0 Å². The van der Waals surface area contributed by atoms with Gasteiger partial charge in [0.15, 0.2) is 0 Å². The van der Waals surface area contributed by atoms with Crippen LogP contribution in [0.3, 0.4) is 0 Å². The number of thioether (sulfide) groups is 1. The third-order valence-electron chi connectivity index (χ3n) is 3.39. The minimum Gasteiger partial charge on any atom is -0.325 e. The zero-order chi connectivity index (χ0) is 16.8. The maximum absolute atomic E-state index is 12.0. The minimum absolute atomic E-state index is 0.0118. The summed E-state index contributed by atoms with van der Waals surface area (Å²) >= 11 is 1.60. The van der Waals surface area contributed by atoms with E-state index in [1.54, 1.807) is 16.4 Å². The molecule has 3 aromatic rings. The molecule has 0 atom stereocenters. The molecule has 122 valence electrons. The van der Waals surface area contributed by atoms with Crippen molar-refractivity contribution in [2.24, 2.45) is 0 Å². The first kappa shape index (κ1) is 16.2. The first-order chi connectivity index (χ1) is 11.7. The van der Waals surface area contributed by atoms with Crippen molar-refractivity contribution in [3.63, 3.8) is 0 Å². The third kappa shape index (κ3) is 4.42. The molecule has 0 saturated carbocycles. The Bertz CT molecular complexity index is 785. The van der Waals surface area contributed by atoms with E-state index in [-0.39, 0.29) is 5.91 Å². The summed E-state index contributed by atoms with van der Waals surface area (Å²) in [4.78, 5) is 12.0. The first-order valence-electron chi connectivity index (χ1n) is 7.47. The molecule has 7 heteroatoms. The second-order valence-electron chi connectivity index (χ2n) is 5.33. The number of benzene rings is 2. The van der Waals surface area contributed by atoms with E-state index in [2.05, 4.69) is 52.0 Å². The number of rotatable bonds is 6. The standard InChI is InChI=1S/C17H17N5OS/c1-13-2-4-14(5-3-13)10-24-11-17(23)19-15-6-8-16(9-7-15)22-12-18-20-21-22/h2-9,12H,10-11H2,1H3,(H,19,23). The fraction of sp³-hybridized carbons (Fsp3) is 0.176. The summed E-state index contributed by atoms with van der Waals surface area (Å²) in [6, 6.07) is 15.7. The molecule has 24 heavy (non-hydrogen) atoms. The summed E-state index contributed by atoms with van der Waals surface area (Å²) in [7, 11) is 0. The van der Waals surface area contributed by atoms with Crippen LogP contribution in [0.4, 0.5) is 5.69 Å². The quantitative estimate of drug-likeness (QED) is 0.747. The summed E-state index contributed by atoms with van der Waals surface area (Å²) in [6.45, 7) is 2.06. The lowest BCUT2D eigenvalue weighted by atomic mass is 10.2. The van der Waals surface area contributed by atoms with E-state index in [9.17, 15) is 4.79 Å². The van der Waals surface area contributed by atoms with Gasteiger partial charge in [0.1, 0.15) is 6.33 Å². The molecule has 1 N–H and O–H groups in total. The molecule has 0 fully saturated rings. The summed E-state index contributed by atoms with van der Waals surface area (Å²) < 4.78 is 1.56. The van der Waals surface area contributed by atoms with Crippen LogP contribution in [0.15, 0.2) is 54.9 Å². The van der Waals surface area contributed by atoms with E-state index < -0.39 is 0 Å². The highest BCUT2D eigenvalue weighted by molar-refractivity contribution is 7.99. The SMILES string of the molecule is Cc1ccc(CSCC(=O)Nc2ccc(-n3cnnn3)cc2)cc1. The topological polar surface area (TPSA) is 72.7 Å². The van der Waals surface area contributed by atoms with E-state index in [1.807, 2.05) is 24.3 Å². The van der Waals surface area contributed by atoms with Crippen molar-refractivity contribution in [1.29, 1.82) is 0 Å². The van der Waals surface area contributed by atoms with Gasteiger partial charge in [-0.1, -0.05) is 29.8 Å². The molecule has 0 spiro atoms. The van der Waals surface area contributed by atoms with Gasteiger partial charge in [-0.15, -0.1) is 16.9 Å². The number of amides is 1. The van der Waals surface area contributed by atoms with E-state index >= 15 is 0 Å². The molecular formula is C17H17N5OS. The summed E-state index contributed by atoms with van der Waals surface area (Å²) in [5.74, 6) is 1.23. The summed E-state index contributed by atoms with van der Waals surface area (Å²) in [5.41, 5.74) is 4.07. The number of anilines is 1. The van der Waals surface area contributed by atoms with Crippen LogP contribution >= 0.6 is 11.8 Å². The average molecular weight is 339 g/mol. The Labute approximate surface area is 144 Å². The Morgan fingerprint density at radius 3 is 2.54 bits per heavy atom. The number of nitrogens with zero attached hydrogens (tertiary/aromatic N) is 4. The largest absolute Gasteiger partial charge is 0.325 e. The zero-order valence-corrected chi connectivity index (χ0v) is 14.0. The third-order valence-corrected chi connectivity index (χ3v) is 4.39. The van der Waals surface area contributed by atoms with Crippen LogP contribution in [0.25, 0.3) is 5.69 Å². The molecule has 2 aromatic carbocycles. The Morgan fingerprint density at radius 2 is 1.88 bits per heavy atom. The highest BCUT2D eigenvalue weighted by Crippen LogP contribution is 2.15. The molecule has 0 unspecified atom stereocenters.